The van der Waals surface area contributed by atoms with E-state index in [1.807, 2.05) is 24.3 Å². The average Bonchev–Trinajstić information content (AvgIpc) is 2.09. The molecule has 0 spiro atoms. The molecule has 1 N–H and O–H groups in total. The monoisotopic (exact) mass is 229 g/mol. The molecule has 0 saturated carbocycles. The number of rotatable bonds is 4. The van der Waals surface area contributed by atoms with Gasteiger partial charge in [0.25, 0.3) is 0 Å². The Kier molecular flexibility index (Phi) is 4.11. The number of hydrogen-bond acceptors (Lipinski definition) is 2. The molecule has 0 radical (unpaired) electrons. The molecule has 12 heavy (non-hydrogen) atoms. The third-order valence-corrected chi connectivity index (χ3v) is 2.01. The van der Waals surface area contributed by atoms with Gasteiger partial charge in [-0.3, -0.25) is 0 Å². The number of halogens is 1. The van der Waals surface area contributed by atoms with Crippen LogP contribution in [0, 0.1) is 0 Å². The molecular weight excluding hydrogens is 218 g/mol. The molecule has 1 aromatic rings. The third-order valence-electron chi connectivity index (χ3n) is 1.48. The van der Waals surface area contributed by atoms with Crippen LogP contribution in [0.15, 0.2) is 28.7 Å². The Morgan fingerprint density at radius 1 is 1.33 bits per heavy atom. The second-order valence-corrected chi connectivity index (χ2v) is 3.34. The van der Waals surface area contributed by atoms with Gasteiger partial charge in [0.1, 0.15) is 0 Å². The van der Waals surface area contributed by atoms with E-state index in [9.17, 15) is 0 Å². The molecule has 0 aromatic heterocycles. The molecular formula is C9H12BrNO. The van der Waals surface area contributed by atoms with Gasteiger partial charge in [-0.05, 0) is 24.3 Å². The average molecular weight is 230 g/mol. The van der Waals surface area contributed by atoms with E-state index in [4.69, 9.17) is 4.74 Å². The van der Waals surface area contributed by atoms with E-state index in [1.165, 1.54) is 0 Å². The van der Waals surface area contributed by atoms with Gasteiger partial charge in [0.2, 0.25) is 0 Å². The second-order valence-electron chi connectivity index (χ2n) is 2.43. The van der Waals surface area contributed by atoms with Crippen LogP contribution in [0.2, 0.25) is 0 Å². The summed E-state index contributed by atoms with van der Waals surface area (Å²) in [5.74, 6) is 0. The van der Waals surface area contributed by atoms with Crippen LogP contribution in [0.5, 0.6) is 0 Å². The Balaban J connectivity index is 2.37. The normalized spacial score (nSPS) is 9.83. The first kappa shape index (κ1) is 9.55. The lowest BCUT2D eigenvalue weighted by Gasteiger charge is -2.04. The summed E-state index contributed by atoms with van der Waals surface area (Å²) in [6.45, 7) is 1.58. The number of nitrogens with one attached hydrogen (secondary N) is 1. The van der Waals surface area contributed by atoms with Crippen molar-refractivity contribution in [1.82, 2.24) is 0 Å². The predicted octanol–water partition coefficient (Wildman–Crippen LogP) is 2.51. The number of benzene rings is 1. The lowest BCUT2D eigenvalue weighted by molar-refractivity contribution is 0.211. The first-order valence-electron chi connectivity index (χ1n) is 3.81. The minimum absolute atomic E-state index is 0.732. The Morgan fingerprint density at radius 2 is 2.00 bits per heavy atom. The highest BCUT2D eigenvalue weighted by Gasteiger charge is 1.89. The van der Waals surface area contributed by atoms with Gasteiger partial charge < -0.3 is 10.1 Å². The van der Waals surface area contributed by atoms with Gasteiger partial charge in [-0.25, -0.2) is 0 Å². The van der Waals surface area contributed by atoms with Gasteiger partial charge >= 0.3 is 0 Å². The second kappa shape index (κ2) is 5.17. The summed E-state index contributed by atoms with van der Waals surface area (Å²) in [6, 6.07) is 8.07. The van der Waals surface area contributed by atoms with E-state index in [0.29, 0.717) is 0 Å². The molecule has 0 aliphatic rings. The summed E-state index contributed by atoms with van der Waals surface area (Å²) in [7, 11) is 1.70. The van der Waals surface area contributed by atoms with Crippen LogP contribution < -0.4 is 5.32 Å². The van der Waals surface area contributed by atoms with Crippen LogP contribution in [0.25, 0.3) is 0 Å². The maximum atomic E-state index is 4.92. The van der Waals surface area contributed by atoms with Crippen LogP contribution in [0.4, 0.5) is 5.69 Å². The number of ether oxygens (including phenoxy) is 1. The van der Waals surface area contributed by atoms with Crippen molar-refractivity contribution in [2.75, 3.05) is 25.6 Å². The summed E-state index contributed by atoms with van der Waals surface area (Å²) >= 11 is 3.37. The highest BCUT2D eigenvalue weighted by Crippen LogP contribution is 2.13. The van der Waals surface area contributed by atoms with Crippen LogP contribution in [-0.2, 0) is 4.74 Å². The summed E-state index contributed by atoms with van der Waals surface area (Å²) in [6.07, 6.45) is 0. The predicted molar refractivity (Wildman–Crippen MR) is 54.5 cm³/mol. The zero-order chi connectivity index (χ0) is 8.81. The van der Waals surface area contributed by atoms with E-state index >= 15 is 0 Å². The fraction of sp³-hybridized carbons (Fsp3) is 0.333. The van der Waals surface area contributed by atoms with Gasteiger partial charge in [-0.2, -0.15) is 0 Å². The SMILES string of the molecule is COCCNc1ccc(Br)cc1. The topological polar surface area (TPSA) is 21.3 Å². The van der Waals surface area contributed by atoms with Crippen LogP contribution in [-0.4, -0.2) is 20.3 Å². The molecule has 0 atom stereocenters. The molecule has 0 amide bonds. The maximum Gasteiger partial charge on any atom is 0.0635 e. The van der Waals surface area contributed by atoms with Crippen LogP contribution >= 0.6 is 15.9 Å². The minimum Gasteiger partial charge on any atom is -0.383 e. The van der Waals surface area contributed by atoms with Crippen LogP contribution in [0.3, 0.4) is 0 Å². The van der Waals surface area contributed by atoms with Gasteiger partial charge in [0, 0.05) is 23.8 Å². The number of methoxy groups -OCH3 is 1. The Labute approximate surface area is 81.1 Å². The largest absolute Gasteiger partial charge is 0.383 e. The molecule has 0 fully saturated rings. The highest BCUT2D eigenvalue weighted by atomic mass is 79.9. The molecule has 3 heteroatoms. The van der Waals surface area contributed by atoms with Gasteiger partial charge in [0.05, 0.1) is 6.61 Å². The summed E-state index contributed by atoms with van der Waals surface area (Å²) in [5.41, 5.74) is 1.12. The van der Waals surface area contributed by atoms with Crippen molar-refractivity contribution in [2.24, 2.45) is 0 Å². The molecule has 66 valence electrons. The van der Waals surface area contributed by atoms with E-state index < -0.39 is 0 Å². The van der Waals surface area contributed by atoms with E-state index in [0.717, 1.165) is 23.3 Å². The Hall–Kier alpha value is -0.540. The maximum absolute atomic E-state index is 4.92. The van der Waals surface area contributed by atoms with Crippen molar-refractivity contribution < 1.29 is 4.74 Å². The summed E-state index contributed by atoms with van der Waals surface area (Å²) in [4.78, 5) is 0. The van der Waals surface area contributed by atoms with E-state index in [2.05, 4.69) is 21.2 Å². The van der Waals surface area contributed by atoms with Crippen LogP contribution in [0.1, 0.15) is 0 Å². The first-order valence-corrected chi connectivity index (χ1v) is 4.60. The van der Waals surface area contributed by atoms with Crippen molar-refractivity contribution >= 4 is 21.6 Å². The van der Waals surface area contributed by atoms with E-state index in [1.54, 1.807) is 7.11 Å². The smallest absolute Gasteiger partial charge is 0.0635 e. The van der Waals surface area contributed by atoms with Gasteiger partial charge in [-0.15, -0.1) is 0 Å². The van der Waals surface area contributed by atoms with Gasteiger partial charge in [0.15, 0.2) is 0 Å². The third kappa shape index (κ3) is 3.24. The molecule has 1 aromatic carbocycles. The van der Waals surface area contributed by atoms with Crippen molar-refractivity contribution in [2.45, 2.75) is 0 Å². The van der Waals surface area contributed by atoms with Crippen molar-refractivity contribution in [1.29, 1.82) is 0 Å². The molecule has 0 aliphatic carbocycles. The zero-order valence-corrected chi connectivity index (χ0v) is 8.60. The first-order chi connectivity index (χ1) is 5.83. The molecule has 1 rings (SSSR count). The molecule has 0 bridgehead atoms. The molecule has 0 aliphatic heterocycles. The van der Waals surface area contributed by atoms with Crippen molar-refractivity contribution in [3.05, 3.63) is 28.7 Å². The van der Waals surface area contributed by atoms with Gasteiger partial charge in [-0.1, -0.05) is 15.9 Å². The standard InChI is InChI=1S/C9H12BrNO/c1-12-7-6-11-9-4-2-8(10)3-5-9/h2-5,11H,6-7H2,1H3. The highest BCUT2D eigenvalue weighted by molar-refractivity contribution is 9.10. The molecule has 0 unspecified atom stereocenters. The van der Waals surface area contributed by atoms with E-state index in [-0.39, 0.29) is 0 Å². The quantitative estimate of drug-likeness (QED) is 0.802. The number of hydrogen-bond donors (Lipinski definition) is 1. The number of anilines is 1. The molecule has 0 saturated heterocycles. The summed E-state index contributed by atoms with van der Waals surface area (Å²) < 4.78 is 6.01. The lowest BCUT2D eigenvalue weighted by atomic mass is 10.3. The molecule has 2 nitrogen and oxygen atoms in total. The Bertz CT molecular complexity index is 222. The summed E-state index contributed by atoms with van der Waals surface area (Å²) in [5, 5.41) is 3.23. The zero-order valence-electron chi connectivity index (χ0n) is 7.01. The minimum atomic E-state index is 0.732. The fourth-order valence-corrected chi connectivity index (χ4v) is 1.13. The Morgan fingerprint density at radius 3 is 2.58 bits per heavy atom. The lowest BCUT2D eigenvalue weighted by Crippen LogP contribution is -2.07. The fourth-order valence-electron chi connectivity index (χ4n) is 0.865. The van der Waals surface area contributed by atoms with Crippen molar-refractivity contribution in [3.63, 3.8) is 0 Å². The van der Waals surface area contributed by atoms with Crippen molar-refractivity contribution in [3.8, 4) is 0 Å². The molecule has 0 heterocycles.